The molecular weight excluding hydrogens is 146 g/mol. The van der Waals surface area contributed by atoms with Gasteiger partial charge in [0.15, 0.2) is 0 Å². The molecule has 1 unspecified atom stereocenters. The van der Waals surface area contributed by atoms with Crippen LogP contribution in [0.2, 0.25) is 0 Å². The molecule has 1 saturated carbocycles. The lowest BCUT2D eigenvalue weighted by molar-refractivity contribution is 0.401. The molecule has 0 amide bonds. The Morgan fingerprint density at radius 3 is 2.25 bits per heavy atom. The lowest BCUT2D eigenvalue weighted by atomic mass is 10.1. The molecule has 1 heteroatoms. The molecule has 0 bridgehead atoms. The molecule has 1 rings (SSSR count). The van der Waals surface area contributed by atoms with Gasteiger partial charge in [0, 0.05) is 12.1 Å². The number of rotatable bonds is 3. The maximum absolute atomic E-state index is 3.71. The quantitative estimate of drug-likeness (QED) is 0.640. The van der Waals surface area contributed by atoms with Crippen molar-refractivity contribution in [1.82, 2.24) is 5.32 Å². The summed E-state index contributed by atoms with van der Waals surface area (Å²) in [5, 5.41) is 3.71. The highest BCUT2D eigenvalue weighted by Gasteiger charge is 2.12. The van der Waals surface area contributed by atoms with Crippen LogP contribution in [0.5, 0.6) is 0 Å². The Hall–Kier alpha value is -0.0400. The summed E-state index contributed by atoms with van der Waals surface area (Å²) in [7, 11) is 0. The molecule has 0 heterocycles. The first-order valence-electron chi connectivity index (χ1n) is 5.59. The van der Waals surface area contributed by atoms with Crippen molar-refractivity contribution in [2.75, 3.05) is 0 Å². The van der Waals surface area contributed by atoms with Crippen molar-refractivity contribution in [2.24, 2.45) is 0 Å². The van der Waals surface area contributed by atoms with Crippen LogP contribution in [0.15, 0.2) is 0 Å². The number of hydrogen-bond donors (Lipinski definition) is 1. The summed E-state index contributed by atoms with van der Waals surface area (Å²) in [6, 6.07) is 1.54. The first kappa shape index (κ1) is 10.0. The van der Waals surface area contributed by atoms with E-state index in [9.17, 15) is 0 Å². The molecule has 72 valence electrons. The van der Waals surface area contributed by atoms with Crippen LogP contribution in [-0.4, -0.2) is 12.1 Å². The van der Waals surface area contributed by atoms with Crippen molar-refractivity contribution in [3.63, 3.8) is 0 Å². The summed E-state index contributed by atoms with van der Waals surface area (Å²) >= 11 is 0. The van der Waals surface area contributed by atoms with Gasteiger partial charge in [-0.05, 0) is 26.2 Å². The van der Waals surface area contributed by atoms with Crippen LogP contribution in [0.4, 0.5) is 0 Å². The highest BCUT2D eigenvalue weighted by molar-refractivity contribution is 4.73. The third-order valence-corrected chi connectivity index (χ3v) is 2.99. The van der Waals surface area contributed by atoms with E-state index in [0.29, 0.717) is 6.04 Å². The van der Waals surface area contributed by atoms with Crippen LogP contribution in [-0.2, 0) is 0 Å². The summed E-state index contributed by atoms with van der Waals surface area (Å²) in [5.74, 6) is 0. The normalized spacial score (nSPS) is 23.5. The Balaban J connectivity index is 2.20. The van der Waals surface area contributed by atoms with Crippen LogP contribution in [0, 0.1) is 0 Å². The molecule has 1 N–H and O–H groups in total. The highest BCUT2D eigenvalue weighted by Crippen LogP contribution is 2.17. The second kappa shape index (κ2) is 5.58. The van der Waals surface area contributed by atoms with Gasteiger partial charge in [0.2, 0.25) is 0 Å². The summed E-state index contributed by atoms with van der Waals surface area (Å²) in [6.07, 6.45) is 9.87. The predicted molar refractivity (Wildman–Crippen MR) is 54.4 cm³/mol. The SMILES string of the molecule is CCC(C)NC1CCCCCC1. The Kier molecular flexibility index (Phi) is 4.67. The average Bonchev–Trinajstić information content (AvgIpc) is 2.33. The number of nitrogens with one attached hydrogen (secondary N) is 1. The molecule has 0 aromatic heterocycles. The van der Waals surface area contributed by atoms with Gasteiger partial charge in [-0.25, -0.2) is 0 Å². The van der Waals surface area contributed by atoms with Gasteiger partial charge in [-0.15, -0.1) is 0 Å². The topological polar surface area (TPSA) is 12.0 Å². The fraction of sp³-hybridized carbons (Fsp3) is 1.00. The zero-order valence-electron chi connectivity index (χ0n) is 8.60. The van der Waals surface area contributed by atoms with Crippen LogP contribution >= 0.6 is 0 Å². The van der Waals surface area contributed by atoms with E-state index in [2.05, 4.69) is 19.2 Å². The van der Waals surface area contributed by atoms with E-state index in [1.807, 2.05) is 0 Å². The minimum absolute atomic E-state index is 0.716. The van der Waals surface area contributed by atoms with E-state index in [1.165, 1.54) is 44.9 Å². The van der Waals surface area contributed by atoms with Crippen molar-refractivity contribution in [3.05, 3.63) is 0 Å². The van der Waals surface area contributed by atoms with Gasteiger partial charge in [0.05, 0.1) is 0 Å². The van der Waals surface area contributed by atoms with E-state index in [1.54, 1.807) is 0 Å². The largest absolute Gasteiger partial charge is 0.312 e. The van der Waals surface area contributed by atoms with Gasteiger partial charge in [0.1, 0.15) is 0 Å². The Bertz CT molecular complexity index is 104. The molecule has 0 aromatic rings. The predicted octanol–water partition coefficient (Wildman–Crippen LogP) is 3.10. The average molecular weight is 169 g/mol. The smallest absolute Gasteiger partial charge is 0.00695 e. The maximum atomic E-state index is 3.71. The van der Waals surface area contributed by atoms with Crippen LogP contribution < -0.4 is 5.32 Å². The number of hydrogen-bond acceptors (Lipinski definition) is 1. The van der Waals surface area contributed by atoms with Gasteiger partial charge in [0.25, 0.3) is 0 Å². The molecule has 1 nitrogen and oxygen atoms in total. The van der Waals surface area contributed by atoms with Crippen molar-refractivity contribution < 1.29 is 0 Å². The molecule has 1 fully saturated rings. The van der Waals surface area contributed by atoms with Crippen molar-refractivity contribution in [2.45, 2.75) is 70.9 Å². The lowest BCUT2D eigenvalue weighted by Crippen LogP contribution is -2.35. The van der Waals surface area contributed by atoms with E-state index in [4.69, 9.17) is 0 Å². The Labute approximate surface area is 76.9 Å². The maximum Gasteiger partial charge on any atom is 0.00695 e. The van der Waals surface area contributed by atoms with Crippen molar-refractivity contribution in [3.8, 4) is 0 Å². The monoisotopic (exact) mass is 169 g/mol. The molecule has 1 atom stereocenters. The molecule has 0 saturated heterocycles. The fourth-order valence-electron chi connectivity index (χ4n) is 1.97. The van der Waals surface area contributed by atoms with E-state index >= 15 is 0 Å². The van der Waals surface area contributed by atoms with Crippen LogP contribution in [0.25, 0.3) is 0 Å². The molecule has 0 aliphatic heterocycles. The Morgan fingerprint density at radius 1 is 1.17 bits per heavy atom. The molecular formula is C11H23N. The minimum atomic E-state index is 0.716. The summed E-state index contributed by atoms with van der Waals surface area (Å²) in [5.41, 5.74) is 0. The van der Waals surface area contributed by atoms with Crippen molar-refractivity contribution in [1.29, 1.82) is 0 Å². The molecule has 12 heavy (non-hydrogen) atoms. The lowest BCUT2D eigenvalue weighted by Gasteiger charge is -2.20. The summed E-state index contributed by atoms with van der Waals surface area (Å²) in [6.45, 7) is 4.55. The Morgan fingerprint density at radius 2 is 1.75 bits per heavy atom. The summed E-state index contributed by atoms with van der Waals surface area (Å²) in [4.78, 5) is 0. The van der Waals surface area contributed by atoms with Gasteiger partial charge < -0.3 is 5.32 Å². The summed E-state index contributed by atoms with van der Waals surface area (Å²) < 4.78 is 0. The fourth-order valence-corrected chi connectivity index (χ4v) is 1.97. The van der Waals surface area contributed by atoms with E-state index < -0.39 is 0 Å². The zero-order chi connectivity index (χ0) is 8.81. The first-order valence-corrected chi connectivity index (χ1v) is 5.59. The third-order valence-electron chi connectivity index (χ3n) is 2.99. The zero-order valence-corrected chi connectivity index (χ0v) is 8.60. The second-order valence-electron chi connectivity index (χ2n) is 4.16. The standard InChI is InChI=1S/C11H23N/c1-3-10(2)12-11-8-6-4-5-7-9-11/h10-12H,3-9H2,1-2H3. The highest BCUT2D eigenvalue weighted by atomic mass is 14.9. The van der Waals surface area contributed by atoms with Gasteiger partial charge >= 0.3 is 0 Å². The molecule has 1 aliphatic carbocycles. The van der Waals surface area contributed by atoms with Gasteiger partial charge in [-0.3, -0.25) is 0 Å². The second-order valence-corrected chi connectivity index (χ2v) is 4.16. The van der Waals surface area contributed by atoms with Crippen LogP contribution in [0.1, 0.15) is 58.8 Å². The molecule has 0 spiro atoms. The van der Waals surface area contributed by atoms with Crippen molar-refractivity contribution >= 4 is 0 Å². The molecule has 0 aromatic carbocycles. The first-order chi connectivity index (χ1) is 5.83. The van der Waals surface area contributed by atoms with Gasteiger partial charge in [-0.1, -0.05) is 32.6 Å². The van der Waals surface area contributed by atoms with Gasteiger partial charge in [-0.2, -0.15) is 0 Å². The van der Waals surface area contributed by atoms with E-state index in [-0.39, 0.29) is 0 Å². The molecule has 1 aliphatic rings. The molecule has 0 radical (unpaired) electrons. The third kappa shape index (κ3) is 3.57. The van der Waals surface area contributed by atoms with Crippen LogP contribution in [0.3, 0.4) is 0 Å². The van der Waals surface area contributed by atoms with E-state index in [0.717, 1.165) is 6.04 Å². The minimum Gasteiger partial charge on any atom is -0.312 e.